The average molecular weight is 491 g/mol. The fraction of sp³-hybridized carbons (Fsp3) is 0.357. The van der Waals surface area contributed by atoms with Gasteiger partial charge in [-0.15, -0.1) is 0 Å². The largest absolute Gasteiger partial charge is 0.383 e. The number of piperidine rings is 2. The second-order valence-corrected chi connectivity index (χ2v) is 9.95. The molecule has 182 valence electrons. The molecular formula is C28H31ClN4O2. The van der Waals surface area contributed by atoms with E-state index in [2.05, 4.69) is 32.2 Å². The van der Waals surface area contributed by atoms with Gasteiger partial charge in [-0.2, -0.15) is 0 Å². The predicted octanol–water partition coefficient (Wildman–Crippen LogP) is 4.94. The van der Waals surface area contributed by atoms with Crippen LogP contribution in [-0.4, -0.2) is 53.1 Å². The Balaban J connectivity index is 1.11. The molecule has 3 heterocycles. The highest BCUT2D eigenvalue weighted by molar-refractivity contribution is 6.31. The number of halogens is 1. The summed E-state index contributed by atoms with van der Waals surface area (Å²) in [6, 6.07) is 21.3. The topological polar surface area (TPSA) is 68.7 Å². The Morgan fingerprint density at radius 3 is 2.37 bits per heavy atom. The number of nitrogens with one attached hydrogen (secondary N) is 1. The van der Waals surface area contributed by atoms with Crippen molar-refractivity contribution in [3.63, 3.8) is 0 Å². The Labute approximate surface area is 211 Å². The van der Waals surface area contributed by atoms with Crippen molar-refractivity contribution in [1.29, 1.82) is 0 Å². The first kappa shape index (κ1) is 23.8. The van der Waals surface area contributed by atoms with Crippen molar-refractivity contribution in [2.45, 2.75) is 37.3 Å². The van der Waals surface area contributed by atoms with Crippen molar-refractivity contribution in [2.24, 2.45) is 0 Å². The SMILES string of the molecule is O=C(Nc1ccc(N2CCC(N3CCC(O)(c4ccccn4)CC3)CC2)cc1)c1cccc(Cl)c1. The molecule has 1 amide bonds. The second-order valence-electron chi connectivity index (χ2n) is 9.51. The second kappa shape index (κ2) is 10.4. The summed E-state index contributed by atoms with van der Waals surface area (Å²) in [5, 5.41) is 14.6. The molecule has 0 spiro atoms. The lowest BCUT2D eigenvalue weighted by Crippen LogP contribution is -2.50. The Morgan fingerprint density at radius 1 is 0.971 bits per heavy atom. The fourth-order valence-electron chi connectivity index (χ4n) is 5.23. The van der Waals surface area contributed by atoms with Crippen LogP contribution in [0.5, 0.6) is 0 Å². The zero-order valence-corrected chi connectivity index (χ0v) is 20.5. The molecule has 0 saturated carbocycles. The summed E-state index contributed by atoms with van der Waals surface area (Å²) >= 11 is 5.99. The lowest BCUT2D eigenvalue weighted by Gasteiger charge is -2.44. The molecule has 1 aromatic heterocycles. The van der Waals surface area contributed by atoms with Crippen LogP contribution in [0, 0.1) is 0 Å². The van der Waals surface area contributed by atoms with Crippen LogP contribution in [0.4, 0.5) is 11.4 Å². The van der Waals surface area contributed by atoms with Crippen LogP contribution >= 0.6 is 11.6 Å². The van der Waals surface area contributed by atoms with Crippen LogP contribution in [0.1, 0.15) is 41.7 Å². The van der Waals surface area contributed by atoms with Crippen LogP contribution in [0.25, 0.3) is 0 Å². The van der Waals surface area contributed by atoms with E-state index in [1.165, 1.54) is 5.69 Å². The van der Waals surface area contributed by atoms with Gasteiger partial charge in [0.05, 0.1) is 5.69 Å². The molecule has 0 bridgehead atoms. The number of nitrogens with zero attached hydrogens (tertiary/aromatic N) is 3. The first-order chi connectivity index (χ1) is 17.0. The van der Waals surface area contributed by atoms with Gasteiger partial charge in [0.15, 0.2) is 0 Å². The molecule has 2 aromatic carbocycles. The number of carbonyl (C=O) groups excluding carboxylic acids is 1. The number of carbonyl (C=O) groups is 1. The third kappa shape index (κ3) is 5.50. The number of likely N-dealkylation sites (tertiary alicyclic amines) is 1. The first-order valence-corrected chi connectivity index (χ1v) is 12.7. The van der Waals surface area contributed by atoms with Gasteiger partial charge in [-0.3, -0.25) is 9.78 Å². The molecule has 2 aliphatic rings. The van der Waals surface area contributed by atoms with Crippen molar-refractivity contribution in [3.8, 4) is 0 Å². The molecule has 2 N–H and O–H groups in total. The highest BCUT2D eigenvalue weighted by atomic mass is 35.5. The monoisotopic (exact) mass is 490 g/mol. The molecule has 2 aliphatic heterocycles. The van der Waals surface area contributed by atoms with Gasteiger partial charge < -0.3 is 20.2 Å². The quantitative estimate of drug-likeness (QED) is 0.530. The van der Waals surface area contributed by atoms with Crippen molar-refractivity contribution >= 4 is 28.9 Å². The summed E-state index contributed by atoms with van der Waals surface area (Å²) in [7, 11) is 0. The summed E-state index contributed by atoms with van der Waals surface area (Å²) in [5.41, 5.74) is 2.47. The number of benzene rings is 2. The van der Waals surface area contributed by atoms with E-state index in [0.29, 0.717) is 16.6 Å². The smallest absolute Gasteiger partial charge is 0.255 e. The summed E-state index contributed by atoms with van der Waals surface area (Å²) < 4.78 is 0. The maximum Gasteiger partial charge on any atom is 0.255 e. The number of aliphatic hydroxyl groups is 1. The van der Waals surface area contributed by atoms with E-state index in [1.54, 1.807) is 30.5 Å². The minimum absolute atomic E-state index is 0.169. The normalized spacial score (nSPS) is 18.9. The predicted molar refractivity (Wildman–Crippen MR) is 140 cm³/mol. The molecule has 5 rings (SSSR count). The molecular weight excluding hydrogens is 460 g/mol. The van der Waals surface area contributed by atoms with Crippen molar-refractivity contribution in [3.05, 3.63) is 89.2 Å². The fourth-order valence-corrected chi connectivity index (χ4v) is 5.42. The molecule has 2 saturated heterocycles. The van der Waals surface area contributed by atoms with Crippen LogP contribution < -0.4 is 10.2 Å². The Bertz CT molecular complexity index is 1140. The van der Waals surface area contributed by atoms with E-state index in [9.17, 15) is 9.90 Å². The van der Waals surface area contributed by atoms with Gasteiger partial charge in [0.25, 0.3) is 5.91 Å². The van der Waals surface area contributed by atoms with E-state index >= 15 is 0 Å². The summed E-state index contributed by atoms with van der Waals surface area (Å²) in [4.78, 5) is 21.8. The third-order valence-corrected chi connectivity index (χ3v) is 7.56. The van der Waals surface area contributed by atoms with Gasteiger partial charge in [0.2, 0.25) is 0 Å². The van der Waals surface area contributed by atoms with Crippen LogP contribution in [0.2, 0.25) is 5.02 Å². The molecule has 3 aromatic rings. The number of anilines is 2. The number of hydrogen-bond donors (Lipinski definition) is 2. The molecule has 0 unspecified atom stereocenters. The van der Waals surface area contributed by atoms with Crippen molar-refractivity contribution in [2.75, 3.05) is 36.4 Å². The Hall–Kier alpha value is -2.93. The number of hydrogen-bond acceptors (Lipinski definition) is 5. The maximum absolute atomic E-state index is 12.5. The summed E-state index contributed by atoms with van der Waals surface area (Å²) in [6.45, 7) is 3.80. The number of pyridine rings is 1. The molecule has 35 heavy (non-hydrogen) atoms. The number of aromatic nitrogens is 1. The van der Waals surface area contributed by atoms with E-state index in [-0.39, 0.29) is 5.91 Å². The van der Waals surface area contributed by atoms with Gasteiger partial charge in [-0.05, 0) is 80.3 Å². The Morgan fingerprint density at radius 2 is 1.71 bits per heavy atom. The standard InChI is InChI=1S/C28H31ClN4O2/c29-22-5-3-4-21(20-22)27(34)31-23-7-9-24(10-8-23)32-16-11-25(12-17-32)33-18-13-28(35,14-19-33)26-6-1-2-15-30-26/h1-10,15,20,25,35H,11-14,16-19H2,(H,31,34). The number of rotatable bonds is 5. The lowest BCUT2D eigenvalue weighted by molar-refractivity contribution is -0.0409. The van der Waals surface area contributed by atoms with Crippen molar-refractivity contribution < 1.29 is 9.90 Å². The molecule has 7 heteroatoms. The lowest BCUT2D eigenvalue weighted by atomic mass is 9.86. The maximum atomic E-state index is 12.5. The first-order valence-electron chi connectivity index (χ1n) is 12.3. The van der Waals surface area contributed by atoms with Gasteiger partial charge in [0.1, 0.15) is 5.60 Å². The zero-order valence-electron chi connectivity index (χ0n) is 19.7. The van der Waals surface area contributed by atoms with Gasteiger partial charge in [0, 0.05) is 60.4 Å². The zero-order chi connectivity index (χ0) is 24.3. The molecule has 0 atom stereocenters. The van der Waals surface area contributed by atoms with Crippen molar-refractivity contribution in [1.82, 2.24) is 9.88 Å². The van der Waals surface area contributed by atoms with E-state index in [4.69, 9.17) is 11.6 Å². The molecule has 2 fully saturated rings. The minimum Gasteiger partial charge on any atom is -0.383 e. The van der Waals surface area contributed by atoms with E-state index in [0.717, 1.165) is 63.2 Å². The van der Waals surface area contributed by atoms with Crippen LogP contribution in [-0.2, 0) is 5.60 Å². The van der Waals surface area contributed by atoms with Gasteiger partial charge in [-0.25, -0.2) is 0 Å². The highest BCUT2D eigenvalue weighted by Gasteiger charge is 2.37. The van der Waals surface area contributed by atoms with Gasteiger partial charge in [-0.1, -0.05) is 23.7 Å². The molecule has 0 aliphatic carbocycles. The van der Waals surface area contributed by atoms with Gasteiger partial charge >= 0.3 is 0 Å². The number of amides is 1. The van der Waals surface area contributed by atoms with Crippen LogP contribution in [0.3, 0.4) is 0 Å². The van der Waals surface area contributed by atoms with E-state index < -0.39 is 5.60 Å². The van der Waals surface area contributed by atoms with E-state index in [1.807, 2.05) is 30.3 Å². The van der Waals surface area contributed by atoms with Crippen LogP contribution in [0.15, 0.2) is 72.9 Å². The minimum atomic E-state index is -0.803. The highest BCUT2D eigenvalue weighted by Crippen LogP contribution is 2.34. The Kier molecular flexibility index (Phi) is 7.04. The average Bonchev–Trinajstić information content (AvgIpc) is 2.90. The molecule has 0 radical (unpaired) electrons. The summed E-state index contributed by atoms with van der Waals surface area (Å²) in [5.74, 6) is -0.169. The third-order valence-electron chi connectivity index (χ3n) is 7.32. The molecule has 6 nitrogen and oxygen atoms in total. The summed E-state index contributed by atoms with van der Waals surface area (Å²) in [6.07, 6.45) is 5.43.